The molecule has 0 spiro atoms. The van der Waals surface area contributed by atoms with E-state index in [0.717, 1.165) is 17.7 Å². The number of benzene rings is 1. The predicted molar refractivity (Wildman–Crippen MR) is 75.0 cm³/mol. The summed E-state index contributed by atoms with van der Waals surface area (Å²) in [6.07, 6.45) is 1.85. The summed E-state index contributed by atoms with van der Waals surface area (Å²) in [6.45, 7) is 8.68. The van der Waals surface area contributed by atoms with E-state index in [0.29, 0.717) is 6.61 Å². The van der Waals surface area contributed by atoms with Crippen LogP contribution in [0.4, 0.5) is 0 Å². The maximum absolute atomic E-state index is 6.05. The number of hydrogen-bond donors (Lipinski definition) is 0. The molecule has 3 heteroatoms. The summed E-state index contributed by atoms with van der Waals surface area (Å²) in [5.74, 6) is 0. The highest BCUT2D eigenvalue weighted by Gasteiger charge is 2.31. The lowest BCUT2D eigenvalue weighted by Crippen LogP contribution is -2.39. The first-order chi connectivity index (χ1) is 8.19. The van der Waals surface area contributed by atoms with E-state index in [-0.39, 0.29) is 0 Å². The van der Waals surface area contributed by atoms with Crippen molar-refractivity contribution < 1.29 is 8.85 Å². The van der Waals surface area contributed by atoms with Gasteiger partial charge in [-0.15, -0.1) is 0 Å². The molecular formula is C14H22O2Si. The summed E-state index contributed by atoms with van der Waals surface area (Å²) in [5, 5.41) is 0. The van der Waals surface area contributed by atoms with E-state index in [4.69, 9.17) is 8.85 Å². The lowest BCUT2D eigenvalue weighted by atomic mass is 10.1. The molecule has 0 aliphatic heterocycles. The van der Waals surface area contributed by atoms with Crippen molar-refractivity contribution in [1.82, 2.24) is 0 Å². The van der Waals surface area contributed by atoms with Gasteiger partial charge in [0.25, 0.3) is 0 Å². The molecule has 1 rings (SSSR count). The van der Waals surface area contributed by atoms with Crippen molar-refractivity contribution >= 4 is 14.6 Å². The van der Waals surface area contributed by atoms with E-state index >= 15 is 0 Å². The van der Waals surface area contributed by atoms with Gasteiger partial charge in [0.15, 0.2) is 0 Å². The molecule has 0 amide bonds. The molecule has 0 atom stereocenters. The van der Waals surface area contributed by atoms with Gasteiger partial charge in [-0.1, -0.05) is 44.7 Å². The van der Waals surface area contributed by atoms with Crippen molar-refractivity contribution in [3.63, 3.8) is 0 Å². The zero-order valence-electron chi connectivity index (χ0n) is 11.0. The third-order valence-electron chi connectivity index (χ3n) is 3.14. The number of rotatable bonds is 7. The monoisotopic (exact) mass is 250 g/mol. The van der Waals surface area contributed by atoms with Crippen LogP contribution in [-0.2, 0) is 15.5 Å². The summed E-state index contributed by atoms with van der Waals surface area (Å²) in [5.41, 5.74) is 2.31. The Kier molecular flexibility index (Phi) is 5.61. The Morgan fingerprint density at radius 1 is 1.29 bits per heavy atom. The average Bonchev–Trinajstić information content (AvgIpc) is 2.41. The minimum atomic E-state index is -1.95. The Labute approximate surface area is 106 Å². The van der Waals surface area contributed by atoms with E-state index in [1.165, 1.54) is 5.56 Å². The fourth-order valence-corrected chi connectivity index (χ4v) is 3.86. The average molecular weight is 250 g/mol. The normalized spacial score (nSPS) is 11.5. The third-order valence-corrected chi connectivity index (χ3v) is 6.71. The summed E-state index contributed by atoms with van der Waals surface area (Å²) < 4.78 is 11.7. The second kappa shape index (κ2) is 6.74. The Hall–Kier alpha value is -0.903. The van der Waals surface area contributed by atoms with Crippen molar-refractivity contribution in [1.29, 1.82) is 0 Å². The Morgan fingerprint density at radius 3 is 2.53 bits per heavy atom. The van der Waals surface area contributed by atoms with E-state index in [2.05, 4.69) is 32.6 Å². The molecule has 17 heavy (non-hydrogen) atoms. The van der Waals surface area contributed by atoms with E-state index in [1.807, 2.05) is 18.2 Å². The zero-order chi connectivity index (χ0) is 12.7. The van der Waals surface area contributed by atoms with Gasteiger partial charge in [-0.3, -0.25) is 0 Å². The van der Waals surface area contributed by atoms with E-state index < -0.39 is 8.56 Å². The first-order valence-corrected chi connectivity index (χ1v) is 8.33. The van der Waals surface area contributed by atoms with E-state index in [9.17, 15) is 0 Å². The molecular weight excluding hydrogens is 228 g/mol. The maximum atomic E-state index is 6.05. The van der Waals surface area contributed by atoms with Gasteiger partial charge >= 0.3 is 8.56 Å². The molecule has 2 nitrogen and oxygen atoms in total. The van der Waals surface area contributed by atoms with Crippen molar-refractivity contribution in [2.75, 3.05) is 7.11 Å². The maximum Gasteiger partial charge on any atom is 0.337 e. The molecule has 0 fully saturated rings. The van der Waals surface area contributed by atoms with Gasteiger partial charge in [-0.25, -0.2) is 0 Å². The fraction of sp³-hybridized carbons (Fsp3) is 0.429. The van der Waals surface area contributed by atoms with Gasteiger partial charge in [0.05, 0.1) is 6.61 Å². The second-order valence-corrected chi connectivity index (χ2v) is 7.99. The van der Waals surface area contributed by atoms with Crippen LogP contribution in [0.25, 0.3) is 6.08 Å². The van der Waals surface area contributed by atoms with Gasteiger partial charge < -0.3 is 8.85 Å². The van der Waals surface area contributed by atoms with Crippen LogP contribution >= 0.6 is 0 Å². The van der Waals surface area contributed by atoms with Crippen molar-refractivity contribution in [2.45, 2.75) is 32.5 Å². The second-order valence-electron chi connectivity index (χ2n) is 4.06. The van der Waals surface area contributed by atoms with Crippen LogP contribution in [0.5, 0.6) is 0 Å². The highest BCUT2D eigenvalue weighted by atomic mass is 28.4. The van der Waals surface area contributed by atoms with Gasteiger partial charge in [0.1, 0.15) is 0 Å². The van der Waals surface area contributed by atoms with Crippen LogP contribution in [0.2, 0.25) is 12.1 Å². The van der Waals surface area contributed by atoms with E-state index in [1.54, 1.807) is 7.11 Å². The lowest BCUT2D eigenvalue weighted by molar-refractivity contribution is 0.191. The molecule has 0 saturated carbocycles. The topological polar surface area (TPSA) is 18.5 Å². The van der Waals surface area contributed by atoms with Crippen LogP contribution in [0.3, 0.4) is 0 Å². The van der Waals surface area contributed by atoms with Crippen molar-refractivity contribution in [3.8, 4) is 0 Å². The summed E-state index contributed by atoms with van der Waals surface area (Å²) in [7, 11) is -0.190. The van der Waals surface area contributed by atoms with Crippen LogP contribution in [0.1, 0.15) is 25.0 Å². The zero-order valence-corrected chi connectivity index (χ0v) is 12.0. The SMILES string of the molecule is C=Cc1cccc(CO[Si](CC)(CC)OC)c1. The quantitative estimate of drug-likeness (QED) is 0.682. The minimum Gasteiger partial charge on any atom is -0.398 e. The molecule has 0 saturated heterocycles. The molecule has 0 N–H and O–H groups in total. The molecule has 94 valence electrons. The standard InChI is InChI=1S/C14H22O2Si/c1-5-13-9-8-10-14(11-13)12-16-17(6-2,7-3)15-4/h5,8-11H,1,6-7,12H2,2-4H3. The highest BCUT2D eigenvalue weighted by Crippen LogP contribution is 2.19. The van der Waals surface area contributed by atoms with Crippen molar-refractivity contribution in [2.24, 2.45) is 0 Å². The summed E-state index contributed by atoms with van der Waals surface area (Å²) in [4.78, 5) is 0. The molecule has 1 aromatic rings. The summed E-state index contributed by atoms with van der Waals surface area (Å²) in [6, 6.07) is 10.2. The fourth-order valence-electron chi connectivity index (χ4n) is 1.83. The molecule has 0 aromatic heterocycles. The Morgan fingerprint density at radius 2 is 2.00 bits per heavy atom. The number of hydrogen-bond acceptors (Lipinski definition) is 2. The molecule has 0 heterocycles. The lowest BCUT2D eigenvalue weighted by Gasteiger charge is -2.26. The van der Waals surface area contributed by atoms with Crippen molar-refractivity contribution in [3.05, 3.63) is 42.0 Å². The molecule has 0 unspecified atom stereocenters. The first kappa shape index (κ1) is 14.2. The Bertz CT molecular complexity index is 351. The van der Waals surface area contributed by atoms with Crippen LogP contribution in [-0.4, -0.2) is 15.7 Å². The van der Waals surface area contributed by atoms with Gasteiger partial charge in [0.2, 0.25) is 0 Å². The van der Waals surface area contributed by atoms with Gasteiger partial charge in [-0.2, -0.15) is 0 Å². The largest absolute Gasteiger partial charge is 0.398 e. The predicted octanol–water partition coefficient (Wildman–Crippen LogP) is 3.97. The molecule has 0 bridgehead atoms. The van der Waals surface area contributed by atoms with Crippen LogP contribution in [0.15, 0.2) is 30.8 Å². The first-order valence-electron chi connectivity index (χ1n) is 6.10. The molecule has 0 radical (unpaired) electrons. The van der Waals surface area contributed by atoms with Gasteiger partial charge in [-0.05, 0) is 29.3 Å². The molecule has 1 aromatic carbocycles. The Balaban J connectivity index is 2.68. The molecule has 0 aliphatic carbocycles. The highest BCUT2D eigenvalue weighted by molar-refractivity contribution is 6.67. The minimum absolute atomic E-state index is 0.628. The van der Waals surface area contributed by atoms with Crippen LogP contribution < -0.4 is 0 Å². The van der Waals surface area contributed by atoms with Crippen LogP contribution in [0, 0.1) is 0 Å². The van der Waals surface area contributed by atoms with Gasteiger partial charge in [0, 0.05) is 7.11 Å². The smallest absolute Gasteiger partial charge is 0.337 e. The third kappa shape index (κ3) is 3.80. The summed E-state index contributed by atoms with van der Waals surface area (Å²) >= 11 is 0. The molecule has 0 aliphatic rings.